The second-order valence-electron chi connectivity index (χ2n) is 4.67. The summed E-state index contributed by atoms with van der Waals surface area (Å²) in [5, 5.41) is 0.522. The molecule has 0 saturated heterocycles. The molecule has 0 aromatic heterocycles. The maximum absolute atomic E-state index is 13.2. The molecule has 0 aliphatic carbocycles. The lowest BCUT2D eigenvalue weighted by molar-refractivity contribution is -0.138. The highest BCUT2D eigenvalue weighted by Crippen LogP contribution is 2.35. The average molecular weight is 318 g/mol. The van der Waals surface area contributed by atoms with Crippen molar-refractivity contribution in [3.8, 4) is 0 Å². The van der Waals surface area contributed by atoms with Crippen LogP contribution in [0.2, 0.25) is 5.02 Å². The van der Waals surface area contributed by atoms with Crippen LogP contribution < -0.4 is 5.73 Å². The van der Waals surface area contributed by atoms with E-state index in [0.29, 0.717) is 11.1 Å². The second kappa shape index (κ2) is 6.03. The van der Waals surface area contributed by atoms with Gasteiger partial charge in [0.25, 0.3) is 0 Å². The SMILES string of the molecule is NC(Cc1ccc(Cl)cc1)c1cc(F)ccc1C(F)(F)F. The molecule has 0 spiro atoms. The summed E-state index contributed by atoms with van der Waals surface area (Å²) in [6.45, 7) is 0. The van der Waals surface area contributed by atoms with E-state index in [1.807, 2.05) is 0 Å². The molecule has 0 saturated carbocycles. The third-order valence-corrected chi connectivity index (χ3v) is 3.34. The minimum absolute atomic E-state index is 0.156. The van der Waals surface area contributed by atoms with Gasteiger partial charge in [0, 0.05) is 11.1 Å². The lowest BCUT2D eigenvalue weighted by atomic mass is 9.95. The molecule has 6 heteroatoms. The Labute approximate surface area is 124 Å². The third-order valence-electron chi connectivity index (χ3n) is 3.09. The van der Waals surface area contributed by atoms with Gasteiger partial charge in [-0.25, -0.2) is 4.39 Å². The summed E-state index contributed by atoms with van der Waals surface area (Å²) in [6, 6.07) is 7.97. The van der Waals surface area contributed by atoms with Crippen LogP contribution >= 0.6 is 11.6 Å². The molecule has 0 aliphatic heterocycles. The fourth-order valence-corrected chi connectivity index (χ4v) is 2.21. The first-order valence-corrected chi connectivity index (χ1v) is 6.52. The van der Waals surface area contributed by atoms with Crippen molar-refractivity contribution < 1.29 is 17.6 Å². The molecule has 21 heavy (non-hydrogen) atoms. The van der Waals surface area contributed by atoms with E-state index < -0.39 is 23.6 Å². The Morgan fingerprint density at radius 3 is 2.24 bits per heavy atom. The van der Waals surface area contributed by atoms with Gasteiger partial charge in [0.2, 0.25) is 0 Å². The van der Waals surface area contributed by atoms with Crippen LogP contribution in [0.1, 0.15) is 22.7 Å². The third kappa shape index (κ3) is 3.95. The molecule has 1 unspecified atom stereocenters. The van der Waals surface area contributed by atoms with Gasteiger partial charge in [-0.15, -0.1) is 0 Å². The van der Waals surface area contributed by atoms with Gasteiger partial charge in [0.05, 0.1) is 5.56 Å². The van der Waals surface area contributed by atoms with Crippen molar-refractivity contribution >= 4 is 11.6 Å². The number of rotatable bonds is 3. The molecule has 0 fully saturated rings. The first-order chi connectivity index (χ1) is 9.77. The Morgan fingerprint density at radius 2 is 1.67 bits per heavy atom. The van der Waals surface area contributed by atoms with Crippen LogP contribution in [0.25, 0.3) is 0 Å². The lowest BCUT2D eigenvalue weighted by Gasteiger charge is -2.18. The van der Waals surface area contributed by atoms with E-state index in [1.54, 1.807) is 24.3 Å². The molecule has 0 radical (unpaired) electrons. The largest absolute Gasteiger partial charge is 0.416 e. The van der Waals surface area contributed by atoms with Gasteiger partial charge < -0.3 is 5.73 Å². The zero-order valence-electron chi connectivity index (χ0n) is 10.8. The summed E-state index contributed by atoms with van der Waals surface area (Å²) >= 11 is 5.74. The second-order valence-corrected chi connectivity index (χ2v) is 5.10. The number of benzene rings is 2. The maximum Gasteiger partial charge on any atom is 0.416 e. The highest BCUT2D eigenvalue weighted by atomic mass is 35.5. The van der Waals surface area contributed by atoms with E-state index in [9.17, 15) is 17.6 Å². The van der Waals surface area contributed by atoms with Gasteiger partial charge in [-0.3, -0.25) is 0 Å². The summed E-state index contributed by atoms with van der Waals surface area (Å²) in [5.41, 5.74) is 5.39. The quantitative estimate of drug-likeness (QED) is 0.813. The molecule has 0 aliphatic rings. The zero-order chi connectivity index (χ0) is 15.6. The Bertz CT molecular complexity index is 623. The van der Waals surface area contributed by atoms with Gasteiger partial charge in [-0.1, -0.05) is 23.7 Å². The predicted molar refractivity (Wildman–Crippen MR) is 73.5 cm³/mol. The van der Waals surface area contributed by atoms with Crippen molar-refractivity contribution in [2.75, 3.05) is 0 Å². The topological polar surface area (TPSA) is 26.0 Å². The minimum atomic E-state index is -4.57. The molecule has 0 bridgehead atoms. The first kappa shape index (κ1) is 15.8. The molecule has 0 amide bonds. The molecule has 2 rings (SSSR count). The van der Waals surface area contributed by atoms with Crippen LogP contribution in [0.4, 0.5) is 17.6 Å². The monoisotopic (exact) mass is 317 g/mol. The molecule has 1 atom stereocenters. The van der Waals surface area contributed by atoms with Crippen LogP contribution in [0.5, 0.6) is 0 Å². The molecule has 2 aromatic carbocycles. The summed E-state index contributed by atoms with van der Waals surface area (Å²) < 4.78 is 52.1. The summed E-state index contributed by atoms with van der Waals surface area (Å²) in [5.74, 6) is -0.746. The van der Waals surface area contributed by atoms with E-state index in [1.165, 1.54) is 0 Å². The van der Waals surface area contributed by atoms with Crippen molar-refractivity contribution in [1.82, 2.24) is 0 Å². The van der Waals surface area contributed by atoms with E-state index in [-0.39, 0.29) is 12.0 Å². The van der Waals surface area contributed by atoms with Gasteiger partial charge >= 0.3 is 6.18 Å². The minimum Gasteiger partial charge on any atom is -0.324 e. The van der Waals surface area contributed by atoms with Crippen molar-refractivity contribution in [3.05, 3.63) is 70.0 Å². The van der Waals surface area contributed by atoms with Crippen LogP contribution in [-0.4, -0.2) is 0 Å². The lowest BCUT2D eigenvalue weighted by Crippen LogP contribution is -2.19. The van der Waals surface area contributed by atoms with Crippen LogP contribution in [0.15, 0.2) is 42.5 Å². The van der Waals surface area contributed by atoms with Crippen molar-refractivity contribution in [2.24, 2.45) is 5.73 Å². The van der Waals surface area contributed by atoms with Gasteiger partial charge in [0.1, 0.15) is 5.82 Å². The van der Waals surface area contributed by atoms with Crippen LogP contribution in [0.3, 0.4) is 0 Å². The van der Waals surface area contributed by atoms with E-state index in [0.717, 1.165) is 17.7 Å². The normalized spacial score (nSPS) is 13.2. The van der Waals surface area contributed by atoms with E-state index in [4.69, 9.17) is 17.3 Å². The first-order valence-electron chi connectivity index (χ1n) is 6.14. The van der Waals surface area contributed by atoms with Crippen molar-refractivity contribution in [2.45, 2.75) is 18.6 Å². The molecule has 112 valence electrons. The Morgan fingerprint density at radius 1 is 1.05 bits per heavy atom. The summed E-state index contributed by atoms with van der Waals surface area (Å²) in [7, 11) is 0. The van der Waals surface area contributed by atoms with Gasteiger partial charge in [-0.05, 0) is 47.9 Å². The standard InChI is InChI=1S/C15H12ClF4N/c16-10-3-1-9(2-4-10)7-14(21)12-8-11(17)5-6-13(12)15(18,19)20/h1-6,8,14H,7,21H2. The summed E-state index contributed by atoms with van der Waals surface area (Å²) in [6.07, 6.45) is -4.41. The molecule has 0 heterocycles. The number of hydrogen-bond acceptors (Lipinski definition) is 1. The Balaban J connectivity index is 2.32. The fourth-order valence-electron chi connectivity index (χ4n) is 2.08. The van der Waals surface area contributed by atoms with Crippen molar-refractivity contribution in [3.63, 3.8) is 0 Å². The molecular weight excluding hydrogens is 306 g/mol. The predicted octanol–water partition coefficient (Wildman–Crippen LogP) is 4.74. The van der Waals surface area contributed by atoms with E-state index >= 15 is 0 Å². The van der Waals surface area contributed by atoms with Gasteiger partial charge in [0.15, 0.2) is 0 Å². The number of halogens is 5. The molecular formula is C15H12ClF4N. The molecule has 2 aromatic rings. The highest BCUT2D eigenvalue weighted by molar-refractivity contribution is 6.30. The average Bonchev–Trinajstić information content (AvgIpc) is 2.40. The molecule has 2 N–H and O–H groups in total. The number of hydrogen-bond donors (Lipinski definition) is 1. The Hall–Kier alpha value is -1.59. The van der Waals surface area contributed by atoms with Crippen molar-refractivity contribution in [1.29, 1.82) is 0 Å². The van der Waals surface area contributed by atoms with Crippen LogP contribution in [-0.2, 0) is 12.6 Å². The zero-order valence-corrected chi connectivity index (χ0v) is 11.5. The Kier molecular flexibility index (Phi) is 4.54. The maximum atomic E-state index is 13.2. The van der Waals surface area contributed by atoms with Crippen LogP contribution in [0, 0.1) is 5.82 Å². The number of nitrogens with two attached hydrogens (primary N) is 1. The fraction of sp³-hybridized carbons (Fsp3) is 0.200. The van der Waals surface area contributed by atoms with Gasteiger partial charge in [-0.2, -0.15) is 13.2 Å². The summed E-state index contributed by atoms with van der Waals surface area (Å²) in [4.78, 5) is 0. The molecule has 1 nitrogen and oxygen atoms in total. The highest BCUT2D eigenvalue weighted by Gasteiger charge is 2.34. The number of alkyl halides is 3. The van der Waals surface area contributed by atoms with E-state index in [2.05, 4.69) is 0 Å². The smallest absolute Gasteiger partial charge is 0.324 e.